The quantitative estimate of drug-likeness (QED) is 0.588. The first-order chi connectivity index (χ1) is 13.5. The molecule has 3 rings (SSSR count). The fourth-order valence-corrected chi connectivity index (χ4v) is 2.95. The molecule has 0 bridgehead atoms. The van der Waals surface area contributed by atoms with Crippen LogP contribution in [0.3, 0.4) is 0 Å². The van der Waals surface area contributed by atoms with E-state index in [0.717, 1.165) is 19.3 Å². The summed E-state index contributed by atoms with van der Waals surface area (Å²) in [6.07, 6.45) is 2.15. The second-order valence-electron chi connectivity index (χ2n) is 6.51. The van der Waals surface area contributed by atoms with Crippen LogP contribution < -0.4 is 15.6 Å². The van der Waals surface area contributed by atoms with Gasteiger partial charge in [-0.25, -0.2) is 4.79 Å². The maximum absolute atomic E-state index is 12.0. The van der Waals surface area contributed by atoms with Crippen LogP contribution in [0.1, 0.15) is 34.8 Å². The zero-order chi connectivity index (χ0) is 19.9. The van der Waals surface area contributed by atoms with Crippen molar-refractivity contribution in [3.05, 3.63) is 65.2 Å². The molecule has 0 unspecified atom stereocenters. The van der Waals surface area contributed by atoms with Gasteiger partial charge >= 0.3 is 5.97 Å². The second-order valence-corrected chi connectivity index (χ2v) is 6.51. The van der Waals surface area contributed by atoms with Crippen molar-refractivity contribution >= 4 is 17.8 Å². The third-order valence-corrected chi connectivity index (χ3v) is 4.44. The first kappa shape index (κ1) is 19.4. The number of amides is 2. The Morgan fingerprint density at radius 2 is 1.75 bits per heavy atom. The van der Waals surface area contributed by atoms with Crippen molar-refractivity contribution in [3.8, 4) is 5.75 Å². The van der Waals surface area contributed by atoms with Crippen molar-refractivity contribution in [3.63, 3.8) is 0 Å². The number of fused-ring (bicyclic) bond motifs is 1. The highest BCUT2D eigenvalue weighted by Crippen LogP contribution is 2.25. The number of hydrogen-bond donors (Lipinski definition) is 2. The van der Waals surface area contributed by atoms with Gasteiger partial charge in [0.05, 0.1) is 0 Å². The maximum atomic E-state index is 12.0. The fraction of sp³-hybridized carbons (Fsp3) is 0.286. The molecule has 1 atom stereocenters. The maximum Gasteiger partial charge on any atom is 0.344 e. The Hall–Kier alpha value is -3.35. The van der Waals surface area contributed by atoms with Gasteiger partial charge in [-0.1, -0.05) is 24.3 Å². The molecule has 0 heterocycles. The van der Waals surface area contributed by atoms with E-state index < -0.39 is 23.9 Å². The highest BCUT2D eigenvalue weighted by Gasteiger charge is 2.19. The lowest BCUT2D eigenvalue weighted by molar-refractivity contribution is -0.156. The highest BCUT2D eigenvalue weighted by molar-refractivity contribution is 5.95. The highest BCUT2D eigenvalue weighted by atomic mass is 16.6. The molecule has 7 heteroatoms. The van der Waals surface area contributed by atoms with Crippen LogP contribution in [0.25, 0.3) is 0 Å². The molecule has 7 nitrogen and oxygen atoms in total. The van der Waals surface area contributed by atoms with Crippen molar-refractivity contribution in [2.75, 3.05) is 6.61 Å². The summed E-state index contributed by atoms with van der Waals surface area (Å²) in [7, 11) is 0. The Morgan fingerprint density at radius 3 is 2.54 bits per heavy atom. The molecular weight excluding hydrogens is 360 g/mol. The lowest BCUT2D eigenvalue weighted by atomic mass is 10.1. The van der Waals surface area contributed by atoms with Crippen LogP contribution in [0.4, 0.5) is 0 Å². The van der Waals surface area contributed by atoms with Crippen LogP contribution in [0.15, 0.2) is 48.5 Å². The number of hydrazine groups is 1. The summed E-state index contributed by atoms with van der Waals surface area (Å²) in [6, 6.07) is 14.2. The van der Waals surface area contributed by atoms with Crippen molar-refractivity contribution in [1.29, 1.82) is 0 Å². The van der Waals surface area contributed by atoms with Crippen LogP contribution in [-0.4, -0.2) is 30.5 Å². The molecule has 0 aliphatic heterocycles. The predicted octanol–water partition coefficient (Wildman–Crippen LogP) is 1.95. The molecule has 2 N–H and O–H groups in total. The van der Waals surface area contributed by atoms with E-state index in [1.54, 1.807) is 30.3 Å². The van der Waals surface area contributed by atoms with Gasteiger partial charge in [-0.15, -0.1) is 0 Å². The number of ether oxygens (including phenoxy) is 2. The Labute approximate surface area is 163 Å². The lowest BCUT2D eigenvalue weighted by Crippen LogP contribution is -2.47. The van der Waals surface area contributed by atoms with Crippen molar-refractivity contribution in [1.82, 2.24) is 10.9 Å². The van der Waals surface area contributed by atoms with Crippen molar-refractivity contribution in [2.24, 2.45) is 0 Å². The monoisotopic (exact) mass is 382 g/mol. The summed E-state index contributed by atoms with van der Waals surface area (Å²) in [5.74, 6) is -1.18. The zero-order valence-corrected chi connectivity index (χ0v) is 15.6. The molecule has 2 aromatic carbocycles. The Kier molecular flexibility index (Phi) is 6.26. The van der Waals surface area contributed by atoms with Gasteiger partial charge in [-0.2, -0.15) is 0 Å². The lowest BCUT2D eigenvalue weighted by Gasteiger charge is -2.14. The summed E-state index contributed by atoms with van der Waals surface area (Å²) >= 11 is 0. The Morgan fingerprint density at radius 1 is 1.00 bits per heavy atom. The molecule has 146 valence electrons. The molecule has 0 fully saturated rings. The molecule has 0 saturated heterocycles. The molecule has 1 aliphatic carbocycles. The number of aryl methyl sites for hydroxylation is 2. The van der Waals surface area contributed by atoms with Crippen LogP contribution in [0.5, 0.6) is 5.75 Å². The molecule has 0 radical (unpaired) electrons. The second kappa shape index (κ2) is 9.03. The number of nitrogens with one attached hydrogen (secondary N) is 2. The number of hydrogen-bond acceptors (Lipinski definition) is 5. The van der Waals surface area contributed by atoms with E-state index in [0.29, 0.717) is 11.3 Å². The number of benzene rings is 2. The van der Waals surface area contributed by atoms with Crippen molar-refractivity contribution < 1.29 is 23.9 Å². The van der Waals surface area contributed by atoms with E-state index >= 15 is 0 Å². The van der Waals surface area contributed by atoms with E-state index in [1.165, 1.54) is 18.1 Å². The van der Waals surface area contributed by atoms with E-state index in [4.69, 9.17) is 9.47 Å². The van der Waals surface area contributed by atoms with Crippen molar-refractivity contribution in [2.45, 2.75) is 32.3 Å². The van der Waals surface area contributed by atoms with Gasteiger partial charge in [0.15, 0.2) is 12.7 Å². The molecule has 28 heavy (non-hydrogen) atoms. The Balaban J connectivity index is 1.40. The standard InChI is InChI=1S/C21H22N2O5/c1-14(20(25)22-23-21(26)16-6-3-2-4-7-16)28-19(24)13-27-18-11-10-15-8-5-9-17(15)12-18/h2-4,6-7,10-12,14H,5,8-9,13H2,1H3,(H,22,25)(H,23,26)/t14-/m0/s1. The molecule has 2 amide bonds. The van der Waals surface area contributed by atoms with Gasteiger partial charge in [0.1, 0.15) is 5.75 Å². The third kappa shape index (κ3) is 5.09. The largest absolute Gasteiger partial charge is 0.482 e. The molecular formula is C21H22N2O5. The van der Waals surface area contributed by atoms with E-state index in [1.807, 2.05) is 18.2 Å². The SMILES string of the molecule is C[C@H](OC(=O)COc1ccc2c(c1)CCC2)C(=O)NNC(=O)c1ccccc1. The summed E-state index contributed by atoms with van der Waals surface area (Å²) in [5, 5.41) is 0. The van der Waals surface area contributed by atoms with Gasteiger partial charge in [-0.3, -0.25) is 20.4 Å². The van der Waals surface area contributed by atoms with Gasteiger partial charge < -0.3 is 9.47 Å². The molecule has 0 aromatic heterocycles. The Bertz CT molecular complexity index is 866. The van der Waals surface area contributed by atoms with E-state index in [9.17, 15) is 14.4 Å². The van der Waals surface area contributed by atoms with Crippen LogP contribution >= 0.6 is 0 Å². The first-order valence-electron chi connectivity index (χ1n) is 9.12. The minimum Gasteiger partial charge on any atom is -0.482 e. The topological polar surface area (TPSA) is 93.7 Å². The third-order valence-electron chi connectivity index (χ3n) is 4.44. The number of esters is 1. The zero-order valence-electron chi connectivity index (χ0n) is 15.6. The summed E-state index contributed by atoms with van der Waals surface area (Å²) in [6.45, 7) is 1.12. The summed E-state index contributed by atoms with van der Waals surface area (Å²) < 4.78 is 10.5. The summed E-state index contributed by atoms with van der Waals surface area (Å²) in [4.78, 5) is 35.8. The number of carbonyl (C=O) groups excluding carboxylic acids is 3. The van der Waals surface area contributed by atoms with E-state index in [2.05, 4.69) is 10.9 Å². The smallest absolute Gasteiger partial charge is 0.344 e. The molecule has 1 aliphatic rings. The predicted molar refractivity (Wildman–Crippen MR) is 102 cm³/mol. The van der Waals surface area contributed by atoms with Gasteiger partial charge in [0, 0.05) is 5.56 Å². The van der Waals surface area contributed by atoms with Crippen LogP contribution in [0, 0.1) is 0 Å². The fourth-order valence-electron chi connectivity index (χ4n) is 2.95. The summed E-state index contributed by atoms with van der Waals surface area (Å²) in [5.41, 5.74) is 7.46. The molecule has 2 aromatic rings. The minimum absolute atomic E-state index is 0.299. The molecule has 0 spiro atoms. The van der Waals surface area contributed by atoms with Gasteiger partial charge in [0.25, 0.3) is 11.8 Å². The minimum atomic E-state index is -1.08. The first-order valence-corrected chi connectivity index (χ1v) is 9.12. The van der Waals surface area contributed by atoms with Crippen LogP contribution in [0.2, 0.25) is 0 Å². The average molecular weight is 382 g/mol. The number of carbonyl (C=O) groups is 3. The van der Waals surface area contributed by atoms with Gasteiger partial charge in [0.2, 0.25) is 0 Å². The average Bonchev–Trinajstić information content (AvgIpc) is 3.18. The van der Waals surface area contributed by atoms with Crippen LogP contribution in [-0.2, 0) is 27.2 Å². The normalized spacial score (nSPS) is 13.2. The van der Waals surface area contributed by atoms with Gasteiger partial charge in [-0.05, 0) is 61.6 Å². The molecule has 0 saturated carbocycles. The number of rotatable bonds is 6. The van der Waals surface area contributed by atoms with E-state index in [-0.39, 0.29) is 6.61 Å².